The van der Waals surface area contributed by atoms with E-state index in [-0.39, 0.29) is 5.78 Å². The third-order valence-corrected chi connectivity index (χ3v) is 4.20. The number of benzene rings is 1. The molecule has 1 aromatic carbocycles. The van der Waals surface area contributed by atoms with Gasteiger partial charge in [0, 0.05) is 22.2 Å². The van der Waals surface area contributed by atoms with Crippen LogP contribution in [0.15, 0.2) is 42.6 Å². The first kappa shape index (κ1) is 12.1. The van der Waals surface area contributed by atoms with Gasteiger partial charge in [0.2, 0.25) is 5.78 Å². The van der Waals surface area contributed by atoms with E-state index in [1.807, 2.05) is 12.1 Å². The zero-order valence-electron chi connectivity index (χ0n) is 9.76. The second-order valence-corrected chi connectivity index (χ2v) is 5.47. The van der Waals surface area contributed by atoms with Gasteiger partial charge in [-0.3, -0.25) is 4.79 Å². The molecule has 3 rings (SSSR count). The van der Waals surface area contributed by atoms with Gasteiger partial charge in [-0.05, 0) is 36.4 Å². The first-order valence-corrected chi connectivity index (χ1v) is 6.79. The van der Waals surface area contributed by atoms with Crippen molar-refractivity contribution in [1.29, 1.82) is 0 Å². The van der Waals surface area contributed by atoms with Crippen LogP contribution >= 0.6 is 22.9 Å². The number of carbonyl (C=O) groups excluding carboxylic acids is 1. The van der Waals surface area contributed by atoms with Gasteiger partial charge in [0.05, 0.1) is 5.69 Å². The van der Waals surface area contributed by atoms with Crippen LogP contribution in [-0.2, 0) is 0 Å². The van der Waals surface area contributed by atoms with E-state index in [1.165, 1.54) is 11.3 Å². The van der Waals surface area contributed by atoms with E-state index >= 15 is 0 Å². The maximum atomic E-state index is 12.4. The molecule has 2 N–H and O–H groups in total. The third kappa shape index (κ3) is 2.09. The standard InChI is InChI=1S/C14H9ClN2OS/c15-9-5-3-8(4-6-9)12(18)13-11(16)10-2-1-7-17-14(10)19-13/h1-7H,16H2. The number of nitrogens with zero attached hydrogens (tertiary/aromatic N) is 1. The Labute approximate surface area is 118 Å². The number of hydrogen-bond acceptors (Lipinski definition) is 4. The highest BCUT2D eigenvalue weighted by Crippen LogP contribution is 2.33. The van der Waals surface area contributed by atoms with Crippen LogP contribution in [0, 0.1) is 0 Å². The molecule has 5 heteroatoms. The van der Waals surface area contributed by atoms with Crippen LogP contribution in [-0.4, -0.2) is 10.8 Å². The number of hydrogen-bond donors (Lipinski definition) is 1. The minimum atomic E-state index is -0.0998. The molecule has 0 aliphatic carbocycles. The van der Waals surface area contributed by atoms with Crippen LogP contribution in [0.3, 0.4) is 0 Å². The first-order chi connectivity index (χ1) is 9.16. The zero-order chi connectivity index (χ0) is 13.4. The number of fused-ring (bicyclic) bond motifs is 1. The topological polar surface area (TPSA) is 56.0 Å². The second kappa shape index (κ2) is 4.64. The van der Waals surface area contributed by atoms with Crippen molar-refractivity contribution in [3.05, 3.63) is 58.1 Å². The quantitative estimate of drug-likeness (QED) is 0.730. The molecule has 2 heterocycles. The van der Waals surface area contributed by atoms with Crippen LogP contribution in [0.4, 0.5) is 5.69 Å². The summed E-state index contributed by atoms with van der Waals surface area (Å²) in [7, 11) is 0. The number of thiophene rings is 1. The average molecular weight is 289 g/mol. The highest BCUT2D eigenvalue weighted by atomic mass is 35.5. The minimum Gasteiger partial charge on any atom is -0.397 e. The van der Waals surface area contributed by atoms with Crippen LogP contribution in [0.1, 0.15) is 15.2 Å². The number of pyridine rings is 1. The number of ketones is 1. The van der Waals surface area contributed by atoms with Gasteiger partial charge in [0.15, 0.2) is 0 Å². The Morgan fingerprint density at radius 3 is 2.63 bits per heavy atom. The van der Waals surface area contributed by atoms with E-state index in [0.29, 0.717) is 21.2 Å². The van der Waals surface area contributed by atoms with Crippen LogP contribution in [0.25, 0.3) is 10.2 Å². The fraction of sp³-hybridized carbons (Fsp3) is 0. The first-order valence-electron chi connectivity index (χ1n) is 5.60. The van der Waals surface area contributed by atoms with Crippen molar-refractivity contribution in [2.45, 2.75) is 0 Å². The Balaban J connectivity index is 2.11. The lowest BCUT2D eigenvalue weighted by atomic mass is 10.1. The van der Waals surface area contributed by atoms with Gasteiger partial charge in [0.25, 0.3) is 0 Å². The summed E-state index contributed by atoms with van der Waals surface area (Å²) in [6, 6.07) is 10.5. The predicted octanol–water partition coefficient (Wildman–Crippen LogP) is 3.76. The normalized spacial score (nSPS) is 10.8. The van der Waals surface area contributed by atoms with Gasteiger partial charge in [-0.25, -0.2) is 4.98 Å². The highest BCUT2D eigenvalue weighted by Gasteiger charge is 2.18. The molecule has 0 unspecified atom stereocenters. The molecule has 0 radical (unpaired) electrons. The largest absolute Gasteiger partial charge is 0.397 e. The summed E-state index contributed by atoms with van der Waals surface area (Å²) in [5, 5.41) is 1.42. The Morgan fingerprint density at radius 2 is 1.95 bits per heavy atom. The molecule has 3 nitrogen and oxygen atoms in total. The fourth-order valence-corrected chi connectivity index (χ4v) is 3.00. The molecule has 0 saturated heterocycles. The van der Waals surface area contributed by atoms with E-state index in [2.05, 4.69) is 4.98 Å². The summed E-state index contributed by atoms with van der Waals surface area (Å²) in [5.74, 6) is -0.0998. The van der Waals surface area contributed by atoms with Gasteiger partial charge in [0.1, 0.15) is 9.71 Å². The van der Waals surface area contributed by atoms with Gasteiger partial charge in [-0.2, -0.15) is 0 Å². The van der Waals surface area contributed by atoms with Crippen molar-refractivity contribution < 1.29 is 4.79 Å². The highest BCUT2D eigenvalue weighted by molar-refractivity contribution is 7.21. The molecule has 0 aliphatic rings. The molecular formula is C14H9ClN2OS. The molecule has 0 amide bonds. The Morgan fingerprint density at radius 1 is 1.21 bits per heavy atom. The van der Waals surface area contributed by atoms with E-state index in [9.17, 15) is 4.79 Å². The summed E-state index contributed by atoms with van der Waals surface area (Å²) >= 11 is 7.13. The smallest absolute Gasteiger partial charge is 0.205 e. The second-order valence-electron chi connectivity index (χ2n) is 4.04. The van der Waals surface area contributed by atoms with E-state index in [4.69, 9.17) is 17.3 Å². The number of nitrogens with two attached hydrogens (primary N) is 1. The Bertz CT molecular complexity index is 765. The summed E-state index contributed by atoms with van der Waals surface area (Å²) in [4.78, 5) is 17.9. The van der Waals surface area contributed by atoms with Crippen molar-refractivity contribution in [3.63, 3.8) is 0 Å². The summed E-state index contributed by atoms with van der Waals surface area (Å²) in [6.07, 6.45) is 1.69. The van der Waals surface area contributed by atoms with Crippen molar-refractivity contribution >= 4 is 44.6 Å². The Kier molecular flexibility index (Phi) is 2.97. The van der Waals surface area contributed by atoms with E-state index in [1.54, 1.807) is 30.5 Å². The molecule has 19 heavy (non-hydrogen) atoms. The SMILES string of the molecule is Nc1c(C(=O)c2ccc(Cl)cc2)sc2ncccc12. The molecule has 2 aromatic heterocycles. The number of aromatic nitrogens is 1. The number of anilines is 1. The summed E-state index contributed by atoms with van der Waals surface area (Å²) < 4.78 is 0. The number of rotatable bonds is 2. The average Bonchev–Trinajstić information content (AvgIpc) is 2.77. The van der Waals surface area contributed by atoms with Crippen LogP contribution in [0.2, 0.25) is 5.02 Å². The van der Waals surface area contributed by atoms with Crippen molar-refractivity contribution in [1.82, 2.24) is 4.98 Å². The lowest BCUT2D eigenvalue weighted by Crippen LogP contribution is -2.01. The summed E-state index contributed by atoms with van der Waals surface area (Å²) in [6.45, 7) is 0. The third-order valence-electron chi connectivity index (χ3n) is 2.82. The molecule has 0 saturated carbocycles. The predicted molar refractivity (Wildman–Crippen MR) is 78.9 cm³/mol. The molecule has 3 aromatic rings. The minimum absolute atomic E-state index is 0.0998. The van der Waals surface area contributed by atoms with Crippen LogP contribution in [0.5, 0.6) is 0 Å². The molecule has 0 spiro atoms. The summed E-state index contributed by atoms with van der Waals surface area (Å²) in [5.41, 5.74) is 7.10. The molecule has 0 bridgehead atoms. The maximum absolute atomic E-state index is 12.4. The number of nitrogen functional groups attached to an aromatic ring is 1. The van der Waals surface area contributed by atoms with Crippen molar-refractivity contribution in [2.75, 3.05) is 5.73 Å². The fourth-order valence-electron chi connectivity index (χ4n) is 1.85. The molecular weight excluding hydrogens is 280 g/mol. The molecule has 0 atom stereocenters. The lowest BCUT2D eigenvalue weighted by Gasteiger charge is -1.99. The van der Waals surface area contributed by atoms with E-state index in [0.717, 1.165) is 10.2 Å². The van der Waals surface area contributed by atoms with E-state index < -0.39 is 0 Å². The molecule has 94 valence electrons. The molecule has 0 fully saturated rings. The van der Waals surface area contributed by atoms with Crippen molar-refractivity contribution in [2.24, 2.45) is 0 Å². The van der Waals surface area contributed by atoms with Crippen LogP contribution < -0.4 is 5.73 Å². The monoisotopic (exact) mass is 288 g/mol. The molecule has 0 aliphatic heterocycles. The zero-order valence-corrected chi connectivity index (χ0v) is 11.3. The van der Waals surface area contributed by atoms with Crippen molar-refractivity contribution in [3.8, 4) is 0 Å². The van der Waals surface area contributed by atoms with Gasteiger partial charge in [-0.15, -0.1) is 11.3 Å². The van der Waals surface area contributed by atoms with Gasteiger partial charge in [-0.1, -0.05) is 11.6 Å². The van der Waals surface area contributed by atoms with Gasteiger partial charge < -0.3 is 5.73 Å². The maximum Gasteiger partial charge on any atom is 0.205 e. The number of carbonyl (C=O) groups is 1. The Hall–Kier alpha value is -1.91. The number of halogens is 1. The van der Waals surface area contributed by atoms with Gasteiger partial charge >= 0.3 is 0 Å². The lowest BCUT2D eigenvalue weighted by molar-refractivity contribution is 0.104.